The number of amidine groups is 1. The molecule has 18 heavy (non-hydrogen) atoms. The SMILES string of the molecule is CN(Cc1csc(Br)c1)C(=O)C(C)(C)C(N)=NO. The molecule has 1 rings (SSSR count). The zero-order valence-corrected chi connectivity index (χ0v) is 12.9. The Hall–Kier alpha value is -1.08. The Labute approximate surface area is 118 Å². The molecule has 0 atom stereocenters. The van der Waals surface area contributed by atoms with E-state index in [4.69, 9.17) is 10.9 Å². The summed E-state index contributed by atoms with van der Waals surface area (Å²) in [5.74, 6) is -0.286. The molecule has 0 saturated carbocycles. The highest BCUT2D eigenvalue weighted by atomic mass is 79.9. The number of oxime groups is 1. The first-order valence-electron chi connectivity index (χ1n) is 5.25. The second-order valence-corrected chi connectivity index (χ2v) is 6.82. The Morgan fingerprint density at radius 2 is 2.28 bits per heavy atom. The van der Waals surface area contributed by atoms with E-state index in [1.807, 2.05) is 11.4 Å². The van der Waals surface area contributed by atoms with E-state index < -0.39 is 5.41 Å². The third-order valence-electron chi connectivity index (χ3n) is 2.67. The van der Waals surface area contributed by atoms with Crippen LogP contribution in [0.3, 0.4) is 0 Å². The highest BCUT2D eigenvalue weighted by Crippen LogP contribution is 2.24. The van der Waals surface area contributed by atoms with Crippen molar-refractivity contribution in [1.82, 2.24) is 4.90 Å². The summed E-state index contributed by atoms with van der Waals surface area (Å²) >= 11 is 4.94. The van der Waals surface area contributed by atoms with Gasteiger partial charge in [-0.05, 0) is 46.8 Å². The van der Waals surface area contributed by atoms with Crippen molar-refractivity contribution in [1.29, 1.82) is 0 Å². The van der Waals surface area contributed by atoms with Crippen LogP contribution in [0.1, 0.15) is 19.4 Å². The van der Waals surface area contributed by atoms with Gasteiger partial charge in [-0.3, -0.25) is 4.79 Å². The molecule has 0 radical (unpaired) electrons. The fourth-order valence-electron chi connectivity index (χ4n) is 1.49. The van der Waals surface area contributed by atoms with Gasteiger partial charge in [-0.2, -0.15) is 0 Å². The lowest BCUT2D eigenvalue weighted by Gasteiger charge is -2.27. The maximum atomic E-state index is 12.2. The summed E-state index contributed by atoms with van der Waals surface area (Å²) in [6.07, 6.45) is 0. The molecule has 0 aliphatic heterocycles. The lowest BCUT2D eigenvalue weighted by Crippen LogP contribution is -2.46. The summed E-state index contributed by atoms with van der Waals surface area (Å²) in [4.78, 5) is 13.8. The van der Waals surface area contributed by atoms with Gasteiger partial charge in [0, 0.05) is 13.6 Å². The lowest BCUT2D eigenvalue weighted by molar-refractivity contribution is -0.136. The smallest absolute Gasteiger partial charge is 0.235 e. The fraction of sp³-hybridized carbons (Fsp3) is 0.455. The first-order valence-corrected chi connectivity index (χ1v) is 6.92. The van der Waals surface area contributed by atoms with Crippen LogP contribution in [0, 0.1) is 5.41 Å². The molecule has 1 heterocycles. The second kappa shape index (κ2) is 5.71. The van der Waals surface area contributed by atoms with E-state index in [1.54, 1.807) is 37.1 Å². The van der Waals surface area contributed by atoms with E-state index in [-0.39, 0.29) is 11.7 Å². The Kier molecular flexibility index (Phi) is 4.75. The van der Waals surface area contributed by atoms with E-state index in [1.165, 1.54) is 0 Å². The first-order chi connectivity index (χ1) is 8.28. The number of hydrogen-bond donors (Lipinski definition) is 2. The van der Waals surface area contributed by atoms with Crippen LogP contribution in [0.15, 0.2) is 20.4 Å². The zero-order valence-electron chi connectivity index (χ0n) is 10.5. The van der Waals surface area contributed by atoms with E-state index in [0.717, 1.165) is 9.35 Å². The van der Waals surface area contributed by atoms with Crippen LogP contribution in [0.4, 0.5) is 0 Å². The van der Waals surface area contributed by atoms with Crippen molar-refractivity contribution in [3.8, 4) is 0 Å². The minimum absolute atomic E-state index is 0.0918. The molecule has 0 aliphatic rings. The standard InChI is InChI=1S/C11H16BrN3O2S/c1-11(2,9(13)14-17)10(16)15(3)5-7-4-8(12)18-6-7/h4,6,17H,5H2,1-3H3,(H2,13,14). The van der Waals surface area contributed by atoms with E-state index >= 15 is 0 Å². The average Bonchev–Trinajstić information content (AvgIpc) is 2.72. The Bertz CT molecular complexity index is 471. The molecular formula is C11H16BrN3O2S. The molecular weight excluding hydrogens is 318 g/mol. The van der Waals surface area contributed by atoms with Crippen LogP contribution >= 0.6 is 27.3 Å². The molecule has 1 aromatic rings. The minimum atomic E-state index is -1.02. The van der Waals surface area contributed by atoms with Crippen LogP contribution in [0.2, 0.25) is 0 Å². The van der Waals surface area contributed by atoms with Crippen molar-refractivity contribution < 1.29 is 10.0 Å². The van der Waals surface area contributed by atoms with E-state index in [2.05, 4.69) is 21.1 Å². The minimum Gasteiger partial charge on any atom is -0.409 e. The molecule has 0 aliphatic carbocycles. The largest absolute Gasteiger partial charge is 0.409 e. The van der Waals surface area contributed by atoms with Gasteiger partial charge < -0.3 is 15.8 Å². The quantitative estimate of drug-likeness (QED) is 0.384. The van der Waals surface area contributed by atoms with Gasteiger partial charge in [0.15, 0.2) is 5.84 Å². The van der Waals surface area contributed by atoms with Crippen molar-refractivity contribution >= 4 is 39.0 Å². The molecule has 1 aromatic heterocycles. The molecule has 7 heteroatoms. The van der Waals surface area contributed by atoms with E-state index in [0.29, 0.717) is 6.54 Å². The van der Waals surface area contributed by atoms with Crippen molar-refractivity contribution in [3.05, 3.63) is 20.8 Å². The molecule has 0 saturated heterocycles. The fourth-order valence-corrected chi connectivity index (χ4v) is 2.69. The third-order valence-corrected chi connectivity index (χ3v) is 4.22. The van der Waals surface area contributed by atoms with Crippen LogP contribution in [-0.4, -0.2) is 28.9 Å². The topological polar surface area (TPSA) is 78.9 Å². The number of hydrogen-bond acceptors (Lipinski definition) is 4. The highest BCUT2D eigenvalue weighted by Gasteiger charge is 2.35. The number of rotatable bonds is 4. The molecule has 3 N–H and O–H groups in total. The van der Waals surface area contributed by atoms with E-state index in [9.17, 15) is 4.79 Å². The second-order valence-electron chi connectivity index (χ2n) is 4.53. The average molecular weight is 334 g/mol. The zero-order chi connectivity index (χ0) is 13.9. The Morgan fingerprint density at radius 1 is 1.67 bits per heavy atom. The summed E-state index contributed by atoms with van der Waals surface area (Å²) in [5.41, 5.74) is 5.56. The number of nitrogens with zero attached hydrogens (tertiary/aromatic N) is 2. The van der Waals surface area contributed by atoms with Crippen LogP contribution in [0.5, 0.6) is 0 Å². The summed E-state index contributed by atoms with van der Waals surface area (Å²) in [6, 6.07) is 1.96. The molecule has 0 unspecified atom stereocenters. The van der Waals surface area contributed by atoms with Gasteiger partial charge in [-0.15, -0.1) is 11.3 Å². The number of nitrogens with two attached hydrogens (primary N) is 1. The molecule has 0 aromatic carbocycles. The van der Waals surface area contributed by atoms with Crippen LogP contribution in [-0.2, 0) is 11.3 Å². The Morgan fingerprint density at radius 3 is 2.72 bits per heavy atom. The van der Waals surface area contributed by atoms with Crippen LogP contribution in [0.25, 0.3) is 0 Å². The van der Waals surface area contributed by atoms with Crippen molar-refractivity contribution in [3.63, 3.8) is 0 Å². The van der Waals surface area contributed by atoms with Gasteiger partial charge in [0.05, 0.1) is 3.79 Å². The molecule has 0 spiro atoms. The normalized spacial score (nSPS) is 12.6. The van der Waals surface area contributed by atoms with Crippen molar-refractivity contribution in [2.45, 2.75) is 20.4 Å². The Balaban J connectivity index is 2.78. The predicted octanol–water partition coefficient (Wildman–Crippen LogP) is 2.24. The highest BCUT2D eigenvalue weighted by molar-refractivity contribution is 9.11. The van der Waals surface area contributed by atoms with Crippen molar-refractivity contribution in [2.75, 3.05) is 7.05 Å². The molecule has 1 amide bonds. The molecule has 0 fully saturated rings. The predicted molar refractivity (Wildman–Crippen MR) is 75.7 cm³/mol. The molecule has 100 valence electrons. The van der Waals surface area contributed by atoms with Gasteiger partial charge in [0.1, 0.15) is 5.41 Å². The molecule has 5 nitrogen and oxygen atoms in total. The van der Waals surface area contributed by atoms with Crippen molar-refractivity contribution in [2.24, 2.45) is 16.3 Å². The number of thiophene rings is 1. The van der Waals surface area contributed by atoms with Gasteiger partial charge in [-0.25, -0.2) is 0 Å². The summed E-state index contributed by atoms with van der Waals surface area (Å²) < 4.78 is 1.02. The monoisotopic (exact) mass is 333 g/mol. The number of carbonyl (C=O) groups is 1. The summed E-state index contributed by atoms with van der Waals surface area (Å²) in [5, 5.41) is 13.6. The van der Waals surface area contributed by atoms with Gasteiger partial charge in [0.2, 0.25) is 5.91 Å². The maximum Gasteiger partial charge on any atom is 0.235 e. The van der Waals surface area contributed by atoms with Gasteiger partial charge in [-0.1, -0.05) is 5.16 Å². The number of halogens is 1. The number of carbonyl (C=O) groups excluding carboxylic acids is 1. The first kappa shape index (κ1) is 15.0. The third kappa shape index (κ3) is 3.23. The van der Waals surface area contributed by atoms with Gasteiger partial charge in [0.25, 0.3) is 0 Å². The lowest BCUT2D eigenvalue weighted by atomic mass is 9.90. The van der Waals surface area contributed by atoms with Crippen LogP contribution < -0.4 is 5.73 Å². The number of amides is 1. The van der Waals surface area contributed by atoms with Gasteiger partial charge >= 0.3 is 0 Å². The summed E-state index contributed by atoms with van der Waals surface area (Å²) in [7, 11) is 1.69. The summed E-state index contributed by atoms with van der Waals surface area (Å²) in [6.45, 7) is 3.75. The maximum absolute atomic E-state index is 12.2. The molecule has 0 bridgehead atoms.